The van der Waals surface area contributed by atoms with Gasteiger partial charge in [0.05, 0.1) is 0 Å². The van der Waals surface area contributed by atoms with Crippen molar-refractivity contribution in [2.45, 2.75) is 45.6 Å². The van der Waals surface area contributed by atoms with Crippen LogP contribution < -0.4 is 0 Å². The van der Waals surface area contributed by atoms with Gasteiger partial charge in [0.2, 0.25) is 0 Å². The summed E-state index contributed by atoms with van der Waals surface area (Å²) >= 11 is 0. The second-order valence-corrected chi connectivity index (χ2v) is 8.48. The lowest BCUT2D eigenvalue weighted by molar-refractivity contribution is 0.146. The number of hydrogen-bond donors (Lipinski definition) is 0. The molecule has 96 valence electrons. The maximum absolute atomic E-state index is 5.82. The lowest BCUT2D eigenvalue weighted by Gasteiger charge is -2.40. The number of rotatable bonds is 6. The lowest BCUT2D eigenvalue weighted by atomic mass is 10.2. The molecule has 3 nitrogen and oxygen atoms in total. The quantitative estimate of drug-likeness (QED) is 0.672. The number of piperidine rings is 1. The molecule has 1 aliphatic rings. The highest BCUT2D eigenvalue weighted by atomic mass is 28.4. The number of nitrogens with zero attached hydrogens (tertiary/aromatic N) is 1. The van der Waals surface area contributed by atoms with Gasteiger partial charge in [-0.1, -0.05) is 20.3 Å². The van der Waals surface area contributed by atoms with Crippen LogP contribution in [0.15, 0.2) is 0 Å². The Morgan fingerprint density at radius 1 is 1.06 bits per heavy atom. The topological polar surface area (TPSA) is 21.7 Å². The van der Waals surface area contributed by atoms with Gasteiger partial charge in [0.25, 0.3) is 0 Å². The summed E-state index contributed by atoms with van der Waals surface area (Å²) in [5, 5.41) is 0. The SMILES string of the molecule is CO[Si](CCC(C)C)(OC)N1CCCCC1. The van der Waals surface area contributed by atoms with E-state index in [4.69, 9.17) is 8.85 Å². The maximum Gasteiger partial charge on any atom is 0.427 e. The molecule has 16 heavy (non-hydrogen) atoms. The van der Waals surface area contributed by atoms with E-state index in [-0.39, 0.29) is 0 Å². The Kier molecular flexibility index (Phi) is 5.96. The first-order chi connectivity index (χ1) is 7.64. The first-order valence-corrected chi connectivity index (χ1v) is 8.47. The second-order valence-electron chi connectivity index (χ2n) is 5.10. The van der Waals surface area contributed by atoms with Crippen molar-refractivity contribution in [2.24, 2.45) is 5.92 Å². The predicted octanol–water partition coefficient (Wildman–Crippen LogP) is 2.75. The van der Waals surface area contributed by atoms with Crippen LogP contribution in [0, 0.1) is 5.92 Å². The molecule has 0 spiro atoms. The molecule has 0 amide bonds. The van der Waals surface area contributed by atoms with Gasteiger partial charge in [-0.25, -0.2) is 0 Å². The van der Waals surface area contributed by atoms with Crippen LogP contribution in [-0.2, 0) is 8.85 Å². The molecule has 0 saturated carbocycles. The molecule has 0 aromatic carbocycles. The largest absolute Gasteiger partial charge is 0.427 e. The summed E-state index contributed by atoms with van der Waals surface area (Å²) < 4.78 is 14.1. The minimum atomic E-state index is -2.07. The molecule has 0 N–H and O–H groups in total. The normalized spacial score (nSPS) is 19.3. The molecule has 4 heteroatoms. The molecule has 0 radical (unpaired) electrons. The van der Waals surface area contributed by atoms with Gasteiger partial charge >= 0.3 is 8.72 Å². The van der Waals surface area contributed by atoms with E-state index in [1.54, 1.807) is 0 Å². The highest BCUT2D eigenvalue weighted by Crippen LogP contribution is 2.25. The Balaban J connectivity index is 2.61. The van der Waals surface area contributed by atoms with Crippen molar-refractivity contribution in [3.05, 3.63) is 0 Å². The average Bonchev–Trinajstić information content (AvgIpc) is 2.32. The summed E-state index contributed by atoms with van der Waals surface area (Å²) in [6.45, 7) is 6.85. The minimum absolute atomic E-state index is 0.724. The molecule has 1 fully saturated rings. The zero-order valence-electron chi connectivity index (χ0n) is 11.3. The summed E-state index contributed by atoms with van der Waals surface area (Å²) in [5.74, 6) is 0.724. The van der Waals surface area contributed by atoms with E-state index in [9.17, 15) is 0 Å². The van der Waals surface area contributed by atoms with Crippen molar-refractivity contribution in [3.8, 4) is 0 Å². The van der Waals surface area contributed by atoms with Crippen LogP contribution in [0.25, 0.3) is 0 Å². The fourth-order valence-electron chi connectivity index (χ4n) is 2.41. The molecule has 0 atom stereocenters. The Labute approximate surface area is 101 Å². The van der Waals surface area contributed by atoms with E-state index >= 15 is 0 Å². The van der Waals surface area contributed by atoms with Crippen LogP contribution in [0.3, 0.4) is 0 Å². The van der Waals surface area contributed by atoms with Gasteiger partial charge in [-0.15, -0.1) is 0 Å². The van der Waals surface area contributed by atoms with Gasteiger partial charge in [-0.3, -0.25) is 4.57 Å². The van der Waals surface area contributed by atoms with Crippen LogP contribution in [0.1, 0.15) is 39.5 Å². The molecule has 1 rings (SSSR count). The molecule has 0 aromatic heterocycles. The zero-order valence-corrected chi connectivity index (χ0v) is 12.3. The van der Waals surface area contributed by atoms with Crippen LogP contribution in [-0.4, -0.2) is 40.6 Å². The third-order valence-electron chi connectivity index (χ3n) is 3.51. The molecule has 0 bridgehead atoms. The van der Waals surface area contributed by atoms with Gasteiger partial charge < -0.3 is 8.85 Å². The first-order valence-electron chi connectivity index (χ1n) is 6.50. The fourth-order valence-corrected chi connectivity index (χ4v) is 5.76. The third-order valence-corrected chi connectivity index (χ3v) is 7.12. The van der Waals surface area contributed by atoms with Crippen molar-refractivity contribution >= 4 is 8.72 Å². The highest BCUT2D eigenvalue weighted by Gasteiger charge is 2.43. The van der Waals surface area contributed by atoms with Crippen molar-refractivity contribution in [1.29, 1.82) is 0 Å². The van der Waals surface area contributed by atoms with E-state index in [0.29, 0.717) is 0 Å². The van der Waals surface area contributed by atoms with E-state index < -0.39 is 8.72 Å². The summed E-state index contributed by atoms with van der Waals surface area (Å²) in [4.78, 5) is 0. The standard InChI is InChI=1S/C12H27NO2Si/c1-12(2)8-11-16(14-3,15-4)13-9-6-5-7-10-13/h12H,5-11H2,1-4H3. The van der Waals surface area contributed by atoms with Gasteiger partial charge in [-0.05, 0) is 38.3 Å². The zero-order chi connectivity index (χ0) is 12.0. The van der Waals surface area contributed by atoms with E-state index in [1.165, 1.54) is 25.7 Å². The maximum atomic E-state index is 5.82. The molecule has 1 aliphatic heterocycles. The Morgan fingerprint density at radius 2 is 1.62 bits per heavy atom. The molecule has 0 aliphatic carbocycles. The molecular formula is C12H27NO2Si. The monoisotopic (exact) mass is 245 g/mol. The van der Waals surface area contributed by atoms with Crippen molar-refractivity contribution in [2.75, 3.05) is 27.3 Å². The van der Waals surface area contributed by atoms with E-state index in [1.807, 2.05) is 14.2 Å². The Morgan fingerprint density at radius 3 is 2.06 bits per heavy atom. The molecule has 0 unspecified atom stereocenters. The minimum Gasteiger partial charge on any atom is -0.386 e. The van der Waals surface area contributed by atoms with Crippen LogP contribution >= 0.6 is 0 Å². The summed E-state index contributed by atoms with van der Waals surface area (Å²) in [6.07, 6.45) is 5.15. The Hall–Kier alpha value is 0.0969. The van der Waals surface area contributed by atoms with E-state index in [0.717, 1.165) is 25.1 Å². The van der Waals surface area contributed by atoms with Crippen molar-refractivity contribution < 1.29 is 8.85 Å². The smallest absolute Gasteiger partial charge is 0.386 e. The Bertz CT molecular complexity index is 189. The van der Waals surface area contributed by atoms with Crippen LogP contribution in [0.4, 0.5) is 0 Å². The average molecular weight is 245 g/mol. The number of hydrogen-bond acceptors (Lipinski definition) is 3. The summed E-state index contributed by atoms with van der Waals surface area (Å²) in [6, 6.07) is 1.09. The molecule has 1 heterocycles. The van der Waals surface area contributed by atoms with Gasteiger partial charge in [0, 0.05) is 20.3 Å². The van der Waals surface area contributed by atoms with Crippen molar-refractivity contribution in [1.82, 2.24) is 4.57 Å². The van der Waals surface area contributed by atoms with Gasteiger partial charge in [0.15, 0.2) is 0 Å². The third kappa shape index (κ3) is 3.55. The fraction of sp³-hybridized carbons (Fsp3) is 1.00. The molecule has 1 saturated heterocycles. The predicted molar refractivity (Wildman–Crippen MR) is 69.5 cm³/mol. The van der Waals surface area contributed by atoms with Crippen LogP contribution in [0.5, 0.6) is 0 Å². The van der Waals surface area contributed by atoms with Crippen LogP contribution in [0.2, 0.25) is 6.04 Å². The molecule has 0 aromatic rings. The van der Waals surface area contributed by atoms with Gasteiger partial charge in [-0.2, -0.15) is 0 Å². The first kappa shape index (κ1) is 14.2. The van der Waals surface area contributed by atoms with E-state index in [2.05, 4.69) is 18.4 Å². The van der Waals surface area contributed by atoms with Crippen molar-refractivity contribution in [3.63, 3.8) is 0 Å². The summed E-state index contributed by atoms with van der Waals surface area (Å²) in [5.41, 5.74) is 0. The summed E-state index contributed by atoms with van der Waals surface area (Å²) in [7, 11) is 1.58. The second kappa shape index (κ2) is 6.74. The highest BCUT2D eigenvalue weighted by molar-refractivity contribution is 6.64. The lowest BCUT2D eigenvalue weighted by Crippen LogP contribution is -2.59. The molecular weight excluding hydrogens is 218 g/mol. The van der Waals surface area contributed by atoms with Gasteiger partial charge in [0.1, 0.15) is 0 Å².